The molecule has 1 aliphatic rings. The molecule has 4 rings (SSSR count). The van der Waals surface area contributed by atoms with Gasteiger partial charge in [-0.15, -0.1) is 0 Å². The van der Waals surface area contributed by atoms with Gasteiger partial charge in [0, 0.05) is 11.3 Å². The van der Waals surface area contributed by atoms with Crippen LogP contribution in [0.15, 0.2) is 42.5 Å². The van der Waals surface area contributed by atoms with Gasteiger partial charge in [-0.3, -0.25) is 9.89 Å². The summed E-state index contributed by atoms with van der Waals surface area (Å²) in [4.78, 5) is 17.0. The number of rotatable bonds is 5. The van der Waals surface area contributed by atoms with Crippen LogP contribution < -0.4 is 20.5 Å². The Morgan fingerprint density at radius 3 is 2.86 bits per heavy atom. The molecule has 1 aliphatic heterocycles. The van der Waals surface area contributed by atoms with Crippen molar-refractivity contribution in [3.8, 4) is 22.9 Å². The smallest absolute Gasteiger partial charge is 0.231 e. The summed E-state index contributed by atoms with van der Waals surface area (Å²) in [6.07, 6.45) is 0.607. The zero-order valence-electron chi connectivity index (χ0n) is 15.4. The zero-order chi connectivity index (χ0) is 19.5. The van der Waals surface area contributed by atoms with Gasteiger partial charge in [0.15, 0.2) is 5.82 Å². The number of nitrogens with zero attached hydrogens (tertiary/aromatic N) is 2. The van der Waals surface area contributed by atoms with E-state index in [0.717, 1.165) is 22.6 Å². The molecule has 4 N–H and O–H groups in total. The lowest BCUT2D eigenvalue weighted by molar-refractivity contribution is -0.121. The summed E-state index contributed by atoms with van der Waals surface area (Å²) >= 11 is 0. The van der Waals surface area contributed by atoms with Crippen molar-refractivity contribution >= 4 is 11.6 Å². The number of aromatic amines is 1. The van der Waals surface area contributed by atoms with Gasteiger partial charge >= 0.3 is 0 Å². The molecule has 0 saturated heterocycles. The van der Waals surface area contributed by atoms with Gasteiger partial charge < -0.3 is 20.5 Å². The summed E-state index contributed by atoms with van der Waals surface area (Å²) in [5.74, 6) is 2.41. The molecule has 1 aromatic heterocycles. The maximum atomic E-state index is 12.7. The van der Waals surface area contributed by atoms with Crippen molar-refractivity contribution in [1.29, 1.82) is 0 Å². The van der Waals surface area contributed by atoms with Crippen LogP contribution in [0.1, 0.15) is 11.4 Å². The second-order valence-corrected chi connectivity index (χ2v) is 6.56. The molecule has 1 unspecified atom stereocenters. The fourth-order valence-electron chi connectivity index (χ4n) is 3.13. The van der Waals surface area contributed by atoms with Gasteiger partial charge in [-0.1, -0.05) is 0 Å². The van der Waals surface area contributed by atoms with E-state index in [1.165, 1.54) is 0 Å². The molecule has 0 fully saturated rings. The predicted octanol–water partition coefficient (Wildman–Crippen LogP) is 2.13. The third-order valence-electron chi connectivity index (χ3n) is 4.68. The fraction of sp³-hybridized carbons (Fsp3) is 0.250. The van der Waals surface area contributed by atoms with Crippen molar-refractivity contribution in [1.82, 2.24) is 15.2 Å². The van der Waals surface area contributed by atoms with Gasteiger partial charge in [-0.05, 0) is 54.4 Å². The molecule has 0 spiro atoms. The Labute approximate surface area is 162 Å². The first kappa shape index (κ1) is 18.0. The van der Waals surface area contributed by atoms with Gasteiger partial charge in [0.2, 0.25) is 5.91 Å². The van der Waals surface area contributed by atoms with Crippen molar-refractivity contribution in [2.24, 2.45) is 11.7 Å². The highest BCUT2D eigenvalue weighted by Gasteiger charge is 2.26. The molecule has 3 aromatic rings. The molecule has 0 saturated carbocycles. The Hall–Kier alpha value is -3.39. The Balaban J connectivity index is 1.42. The first-order valence-electron chi connectivity index (χ1n) is 8.98. The molecule has 1 amide bonds. The molecule has 2 aromatic carbocycles. The van der Waals surface area contributed by atoms with Gasteiger partial charge in [0.25, 0.3) is 0 Å². The number of benzene rings is 2. The van der Waals surface area contributed by atoms with Gasteiger partial charge in [0.05, 0.1) is 19.6 Å². The predicted molar refractivity (Wildman–Crippen MR) is 104 cm³/mol. The van der Waals surface area contributed by atoms with E-state index in [-0.39, 0.29) is 11.8 Å². The van der Waals surface area contributed by atoms with E-state index in [1.807, 2.05) is 42.5 Å². The number of carbonyl (C=O) groups excluding carboxylic acids is 1. The van der Waals surface area contributed by atoms with Crippen molar-refractivity contribution in [2.75, 3.05) is 19.0 Å². The number of amides is 1. The topological polar surface area (TPSA) is 115 Å². The van der Waals surface area contributed by atoms with Crippen molar-refractivity contribution in [2.45, 2.75) is 13.0 Å². The highest BCUT2D eigenvalue weighted by atomic mass is 16.5. The van der Waals surface area contributed by atoms with Crippen LogP contribution in [0.5, 0.6) is 11.5 Å². The highest BCUT2D eigenvalue weighted by molar-refractivity contribution is 5.93. The Morgan fingerprint density at radius 1 is 1.32 bits per heavy atom. The van der Waals surface area contributed by atoms with Crippen LogP contribution in [0.2, 0.25) is 0 Å². The van der Waals surface area contributed by atoms with Crippen LogP contribution >= 0.6 is 0 Å². The molecular formula is C20H21N5O3. The van der Waals surface area contributed by atoms with Crippen LogP contribution in [0.4, 0.5) is 5.69 Å². The number of nitrogens with one attached hydrogen (secondary N) is 2. The van der Waals surface area contributed by atoms with E-state index in [9.17, 15) is 4.79 Å². The van der Waals surface area contributed by atoms with E-state index >= 15 is 0 Å². The number of anilines is 1. The standard InChI is InChI=1S/C20H21N5O3/c1-27-16-6-7-17-13(9-16)8-14(11-28-17)20(26)22-15-4-2-12(3-5-15)19-23-18(10-21)24-25-19/h2-7,9,14H,8,10-11,21H2,1H3,(H,22,26)(H,23,24,25). The normalized spacial score (nSPS) is 15.4. The molecule has 0 aliphatic carbocycles. The minimum absolute atomic E-state index is 0.0791. The van der Waals surface area contributed by atoms with E-state index in [4.69, 9.17) is 15.2 Å². The monoisotopic (exact) mass is 379 g/mol. The molecule has 144 valence electrons. The quantitative estimate of drug-likeness (QED) is 0.625. The summed E-state index contributed by atoms with van der Waals surface area (Å²) < 4.78 is 11.0. The van der Waals surface area contributed by atoms with Crippen LogP contribution in [0, 0.1) is 5.92 Å². The largest absolute Gasteiger partial charge is 0.497 e. The molecule has 2 heterocycles. The van der Waals surface area contributed by atoms with Crippen LogP contribution in [0.3, 0.4) is 0 Å². The van der Waals surface area contributed by atoms with E-state index in [1.54, 1.807) is 7.11 Å². The SMILES string of the molecule is COc1ccc2c(c1)CC(C(=O)Nc1ccc(-c3n[nH]c(CN)n3)cc1)CO2. The maximum Gasteiger partial charge on any atom is 0.231 e. The molecular weight excluding hydrogens is 358 g/mol. The van der Waals surface area contributed by atoms with Crippen molar-refractivity contribution < 1.29 is 14.3 Å². The number of H-pyrrole nitrogens is 1. The van der Waals surface area contributed by atoms with Gasteiger partial charge in [-0.2, -0.15) is 5.10 Å². The molecule has 0 radical (unpaired) electrons. The van der Waals surface area contributed by atoms with Crippen molar-refractivity contribution in [3.05, 3.63) is 53.9 Å². The Kier molecular flexibility index (Phi) is 4.94. The van der Waals surface area contributed by atoms with E-state index in [2.05, 4.69) is 20.5 Å². The average molecular weight is 379 g/mol. The minimum atomic E-state index is -0.264. The van der Waals surface area contributed by atoms with E-state index < -0.39 is 0 Å². The van der Waals surface area contributed by atoms with Crippen LogP contribution in [0.25, 0.3) is 11.4 Å². The van der Waals surface area contributed by atoms with Crippen LogP contribution in [-0.4, -0.2) is 34.8 Å². The Morgan fingerprint density at radius 2 is 2.14 bits per heavy atom. The molecule has 1 atom stereocenters. The molecule has 8 nitrogen and oxygen atoms in total. The molecule has 0 bridgehead atoms. The second kappa shape index (κ2) is 7.69. The molecule has 28 heavy (non-hydrogen) atoms. The lowest BCUT2D eigenvalue weighted by Gasteiger charge is -2.25. The number of nitrogens with two attached hydrogens (primary N) is 1. The van der Waals surface area contributed by atoms with Gasteiger partial charge in [0.1, 0.15) is 23.9 Å². The first-order chi connectivity index (χ1) is 13.7. The summed E-state index contributed by atoms with van der Waals surface area (Å²) in [6.45, 7) is 0.655. The first-order valence-corrected chi connectivity index (χ1v) is 8.98. The van der Waals surface area contributed by atoms with Gasteiger partial charge in [-0.25, -0.2) is 4.98 Å². The lowest BCUT2D eigenvalue weighted by Crippen LogP contribution is -2.32. The third kappa shape index (κ3) is 3.67. The number of fused-ring (bicyclic) bond motifs is 1. The third-order valence-corrected chi connectivity index (χ3v) is 4.68. The zero-order valence-corrected chi connectivity index (χ0v) is 15.4. The van der Waals surface area contributed by atoms with Crippen LogP contribution in [-0.2, 0) is 17.8 Å². The van der Waals surface area contributed by atoms with E-state index in [0.29, 0.717) is 36.9 Å². The minimum Gasteiger partial charge on any atom is -0.497 e. The maximum absolute atomic E-state index is 12.7. The molecule has 8 heteroatoms. The van der Waals surface area contributed by atoms with Crippen molar-refractivity contribution in [3.63, 3.8) is 0 Å². The lowest BCUT2D eigenvalue weighted by atomic mass is 9.95. The average Bonchev–Trinajstić information content (AvgIpc) is 3.22. The number of hydrogen-bond acceptors (Lipinski definition) is 6. The summed E-state index contributed by atoms with van der Waals surface area (Å²) in [6, 6.07) is 13.0. The number of carbonyl (C=O) groups is 1. The summed E-state index contributed by atoms with van der Waals surface area (Å²) in [7, 11) is 1.62. The number of methoxy groups -OCH3 is 1. The number of ether oxygens (including phenoxy) is 2. The summed E-state index contributed by atoms with van der Waals surface area (Å²) in [5, 5.41) is 9.86. The second-order valence-electron chi connectivity index (χ2n) is 6.56. The highest BCUT2D eigenvalue weighted by Crippen LogP contribution is 2.31. The number of aromatic nitrogens is 3. The summed E-state index contributed by atoms with van der Waals surface area (Å²) in [5.41, 5.74) is 8.06. The number of hydrogen-bond donors (Lipinski definition) is 3. The Bertz CT molecular complexity index is 984. The fourth-order valence-corrected chi connectivity index (χ4v) is 3.13.